The van der Waals surface area contributed by atoms with Crippen molar-refractivity contribution in [2.45, 2.75) is 20.4 Å². The molecule has 0 atom stereocenters. The molecule has 2 aromatic carbocycles. The summed E-state index contributed by atoms with van der Waals surface area (Å²) in [7, 11) is 0. The lowest BCUT2D eigenvalue weighted by molar-refractivity contribution is -0.116. The Kier molecular flexibility index (Phi) is 4.97. The van der Waals surface area contributed by atoms with Gasteiger partial charge in [-0.2, -0.15) is 4.98 Å². The van der Waals surface area contributed by atoms with Gasteiger partial charge in [0.05, 0.1) is 0 Å². The molecule has 3 N–H and O–H groups in total. The van der Waals surface area contributed by atoms with Crippen LogP contribution in [0.15, 0.2) is 47.0 Å². The Balaban J connectivity index is 1.51. The molecule has 0 bridgehead atoms. The summed E-state index contributed by atoms with van der Waals surface area (Å²) in [5, 5.41) is 14.6. The minimum Gasteiger partial charge on any atom is -0.382 e. The van der Waals surface area contributed by atoms with Crippen molar-refractivity contribution in [2.24, 2.45) is 0 Å². The lowest BCUT2D eigenvalue weighted by Crippen LogP contribution is -2.21. The standard InChI is InChI=1S/C20H18FN7O2/c1-11-4-3-5-15(12(11)2)23-16(29)10-28-18(22)17(25-27-28)20-24-19(26-30-20)13-6-8-14(21)9-7-13/h3-9H,10,22H2,1-2H3,(H,23,29). The minimum absolute atomic E-state index is 0.0491. The fourth-order valence-electron chi connectivity index (χ4n) is 2.84. The van der Waals surface area contributed by atoms with Crippen LogP contribution in [0.3, 0.4) is 0 Å². The molecule has 0 radical (unpaired) electrons. The zero-order valence-electron chi connectivity index (χ0n) is 16.3. The number of carbonyl (C=O) groups excluding carboxylic acids is 1. The van der Waals surface area contributed by atoms with E-state index >= 15 is 0 Å². The highest BCUT2D eigenvalue weighted by Crippen LogP contribution is 2.25. The van der Waals surface area contributed by atoms with Crippen molar-refractivity contribution < 1.29 is 13.7 Å². The third kappa shape index (κ3) is 3.75. The van der Waals surface area contributed by atoms with Gasteiger partial charge in [-0.05, 0) is 55.3 Å². The van der Waals surface area contributed by atoms with E-state index in [1.807, 2.05) is 32.0 Å². The lowest BCUT2D eigenvalue weighted by Gasteiger charge is -2.10. The van der Waals surface area contributed by atoms with Gasteiger partial charge in [-0.1, -0.05) is 22.5 Å². The van der Waals surface area contributed by atoms with E-state index in [4.69, 9.17) is 10.3 Å². The first-order valence-corrected chi connectivity index (χ1v) is 9.07. The molecule has 2 aromatic heterocycles. The van der Waals surface area contributed by atoms with Gasteiger partial charge >= 0.3 is 0 Å². The van der Waals surface area contributed by atoms with Crippen LogP contribution in [0.2, 0.25) is 0 Å². The predicted octanol–water partition coefficient (Wildman–Crippen LogP) is 2.97. The summed E-state index contributed by atoms with van der Waals surface area (Å²) in [5.41, 5.74) is 9.59. The van der Waals surface area contributed by atoms with Crippen LogP contribution in [0.25, 0.3) is 23.0 Å². The zero-order valence-corrected chi connectivity index (χ0v) is 16.3. The van der Waals surface area contributed by atoms with Crippen LogP contribution in [-0.4, -0.2) is 31.0 Å². The van der Waals surface area contributed by atoms with Crippen molar-refractivity contribution in [1.82, 2.24) is 25.1 Å². The van der Waals surface area contributed by atoms with Gasteiger partial charge in [-0.3, -0.25) is 4.79 Å². The number of nitrogen functional groups attached to an aromatic ring is 1. The molecule has 4 rings (SSSR count). The smallest absolute Gasteiger partial charge is 0.282 e. The van der Waals surface area contributed by atoms with Gasteiger partial charge in [0.25, 0.3) is 5.89 Å². The second-order valence-corrected chi connectivity index (χ2v) is 6.71. The van der Waals surface area contributed by atoms with Crippen molar-refractivity contribution in [1.29, 1.82) is 0 Å². The number of nitrogens with zero attached hydrogens (tertiary/aromatic N) is 5. The predicted molar refractivity (Wildman–Crippen MR) is 108 cm³/mol. The number of anilines is 2. The Morgan fingerprint density at radius 1 is 1.20 bits per heavy atom. The van der Waals surface area contributed by atoms with E-state index in [9.17, 15) is 9.18 Å². The van der Waals surface area contributed by atoms with Gasteiger partial charge in [0.15, 0.2) is 11.5 Å². The molecule has 0 aliphatic carbocycles. The van der Waals surface area contributed by atoms with Crippen LogP contribution in [0.5, 0.6) is 0 Å². The summed E-state index contributed by atoms with van der Waals surface area (Å²) in [6, 6.07) is 11.3. The van der Waals surface area contributed by atoms with E-state index in [1.54, 1.807) is 0 Å². The molecule has 152 valence electrons. The average Bonchev–Trinajstić information content (AvgIpc) is 3.34. The monoisotopic (exact) mass is 407 g/mol. The highest BCUT2D eigenvalue weighted by atomic mass is 19.1. The molecular weight excluding hydrogens is 389 g/mol. The molecule has 1 amide bonds. The summed E-state index contributed by atoms with van der Waals surface area (Å²) in [6.07, 6.45) is 0. The van der Waals surface area contributed by atoms with E-state index in [-0.39, 0.29) is 41.5 Å². The van der Waals surface area contributed by atoms with Crippen molar-refractivity contribution in [2.75, 3.05) is 11.1 Å². The van der Waals surface area contributed by atoms with Gasteiger partial charge in [0, 0.05) is 11.3 Å². The molecule has 0 saturated heterocycles. The minimum atomic E-state index is -0.367. The molecule has 0 fully saturated rings. The Hall–Kier alpha value is -4.08. The lowest BCUT2D eigenvalue weighted by atomic mass is 10.1. The molecule has 30 heavy (non-hydrogen) atoms. The first-order valence-electron chi connectivity index (χ1n) is 9.07. The first-order chi connectivity index (χ1) is 14.4. The summed E-state index contributed by atoms with van der Waals surface area (Å²) in [5.74, 6) is -0.252. The quantitative estimate of drug-likeness (QED) is 0.521. The van der Waals surface area contributed by atoms with Crippen LogP contribution in [0, 0.1) is 19.7 Å². The number of nitrogens with two attached hydrogens (primary N) is 1. The van der Waals surface area contributed by atoms with E-state index in [0.717, 1.165) is 16.8 Å². The molecule has 10 heteroatoms. The molecule has 0 aliphatic heterocycles. The van der Waals surface area contributed by atoms with E-state index in [0.29, 0.717) is 5.56 Å². The fourth-order valence-corrected chi connectivity index (χ4v) is 2.84. The summed E-state index contributed by atoms with van der Waals surface area (Å²) < 4.78 is 19.5. The van der Waals surface area contributed by atoms with Crippen LogP contribution in [-0.2, 0) is 11.3 Å². The van der Waals surface area contributed by atoms with Gasteiger partial charge in [-0.25, -0.2) is 9.07 Å². The first kappa shape index (κ1) is 19.2. The van der Waals surface area contributed by atoms with Crippen LogP contribution in [0.1, 0.15) is 11.1 Å². The second kappa shape index (κ2) is 7.74. The second-order valence-electron chi connectivity index (χ2n) is 6.71. The third-order valence-corrected chi connectivity index (χ3v) is 4.68. The Morgan fingerprint density at radius 3 is 2.73 bits per heavy atom. The van der Waals surface area contributed by atoms with Crippen molar-refractivity contribution in [3.63, 3.8) is 0 Å². The van der Waals surface area contributed by atoms with Gasteiger partial charge in [-0.15, -0.1) is 5.10 Å². The van der Waals surface area contributed by atoms with Crippen molar-refractivity contribution in [3.8, 4) is 23.0 Å². The molecule has 0 saturated carbocycles. The normalized spacial score (nSPS) is 10.9. The van der Waals surface area contributed by atoms with E-state index < -0.39 is 0 Å². The average molecular weight is 407 g/mol. The molecule has 0 spiro atoms. The number of benzene rings is 2. The maximum Gasteiger partial charge on any atom is 0.282 e. The molecule has 0 aliphatic rings. The Morgan fingerprint density at radius 2 is 1.97 bits per heavy atom. The van der Waals surface area contributed by atoms with Crippen molar-refractivity contribution in [3.05, 3.63) is 59.4 Å². The molecule has 4 aromatic rings. The number of rotatable bonds is 5. The third-order valence-electron chi connectivity index (χ3n) is 4.68. The number of amides is 1. The molecular formula is C20H18FN7O2. The number of aryl methyl sites for hydroxylation is 1. The highest BCUT2D eigenvalue weighted by Gasteiger charge is 2.20. The van der Waals surface area contributed by atoms with Gasteiger partial charge in [0.1, 0.15) is 12.4 Å². The van der Waals surface area contributed by atoms with Gasteiger partial charge in [0.2, 0.25) is 11.7 Å². The summed E-state index contributed by atoms with van der Waals surface area (Å²) in [4.78, 5) is 16.6. The number of aromatic nitrogens is 5. The number of halogens is 1. The molecule has 9 nitrogen and oxygen atoms in total. The fraction of sp³-hybridized carbons (Fsp3) is 0.150. The van der Waals surface area contributed by atoms with Crippen LogP contribution < -0.4 is 11.1 Å². The Labute approximate surface area is 170 Å². The van der Waals surface area contributed by atoms with Crippen LogP contribution >= 0.6 is 0 Å². The topological polar surface area (TPSA) is 125 Å². The number of nitrogens with one attached hydrogen (secondary N) is 1. The maximum atomic E-state index is 13.1. The summed E-state index contributed by atoms with van der Waals surface area (Å²) >= 11 is 0. The van der Waals surface area contributed by atoms with E-state index in [2.05, 4.69) is 25.8 Å². The maximum absolute atomic E-state index is 13.1. The SMILES string of the molecule is Cc1cccc(NC(=O)Cn2nnc(-c3nc(-c4ccc(F)cc4)no3)c2N)c1C. The Bertz CT molecular complexity index is 1210. The van der Waals surface area contributed by atoms with Gasteiger partial charge < -0.3 is 15.6 Å². The van der Waals surface area contributed by atoms with E-state index in [1.165, 1.54) is 28.9 Å². The molecule has 0 unspecified atom stereocenters. The number of carbonyl (C=O) groups is 1. The highest BCUT2D eigenvalue weighted by molar-refractivity contribution is 5.91. The van der Waals surface area contributed by atoms with Crippen LogP contribution in [0.4, 0.5) is 15.9 Å². The summed E-state index contributed by atoms with van der Waals surface area (Å²) in [6.45, 7) is 3.77. The number of hydrogen-bond donors (Lipinski definition) is 2. The number of hydrogen-bond acceptors (Lipinski definition) is 7. The van der Waals surface area contributed by atoms with Crippen molar-refractivity contribution >= 4 is 17.4 Å². The zero-order chi connectivity index (χ0) is 21.3. The largest absolute Gasteiger partial charge is 0.382 e. The molecule has 2 heterocycles.